The molecule has 0 aliphatic heterocycles. The van der Waals surface area contributed by atoms with Crippen LogP contribution in [0.5, 0.6) is 0 Å². The van der Waals surface area contributed by atoms with E-state index in [4.69, 9.17) is 11.6 Å². The Morgan fingerprint density at radius 3 is 2.55 bits per heavy atom. The first-order valence-electron chi connectivity index (χ1n) is 6.74. The molecule has 0 spiro atoms. The van der Waals surface area contributed by atoms with E-state index in [0.29, 0.717) is 22.5 Å². The molecule has 0 amide bonds. The van der Waals surface area contributed by atoms with E-state index in [1.807, 2.05) is 30.3 Å². The zero-order valence-corrected chi connectivity index (χ0v) is 13.2. The number of hydrogen-bond acceptors (Lipinski definition) is 4. The molecule has 0 saturated carbocycles. The van der Waals surface area contributed by atoms with Gasteiger partial charge >= 0.3 is 0 Å². The predicted molar refractivity (Wildman–Crippen MR) is 86.7 cm³/mol. The van der Waals surface area contributed by atoms with Crippen molar-refractivity contribution in [2.45, 2.75) is 11.4 Å². The Morgan fingerprint density at radius 1 is 1.00 bits per heavy atom. The van der Waals surface area contributed by atoms with Gasteiger partial charge in [-0.3, -0.25) is 4.98 Å². The van der Waals surface area contributed by atoms with Gasteiger partial charge in [0.05, 0.1) is 23.0 Å². The number of halogens is 1. The minimum Gasteiger partial charge on any atom is -0.252 e. The van der Waals surface area contributed by atoms with Gasteiger partial charge in [0.25, 0.3) is 0 Å². The Kier molecular flexibility index (Phi) is 4.09. The van der Waals surface area contributed by atoms with Crippen molar-refractivity contribution in [1.82, 2.24) is 9.97 Å². The van der Waals surface area contributed by atoms with Crippen LogP contribution in [0.3, 0.4) is 0 Å². The standard InChI is InChI=1S/C16H13ClN2O2S/c17-13-6-7-14-15(10-13)18-11-16(19-14)22(20,21)9-8-12-4-2-1-3-5-12/h1-7,10-11H,8-9H2. The average Bonchev–Trinajstić information content (AvgIpc) is 2.53. The molecule has 0 saturated heterocycles. The summed E-state index contributed by atoms with van der Waals surface area (Å²) < 4.78 is 24.8. The fourth-order valence-corrected chi connectivity index (χ4v) is 3.45. The van der Waals surface area contributed by atoms with E-state index in [1.165, 1.54) is 6.20 Å². The summed E-state index contributed by atoms with van der Waals surface area (Å²) in [6.07, 6.45) is 1.74. The van der Waals surface area contributed by atoms with Gasteiger partial charge < -0.3 is 0 Å². The predicted octanol–water partition coefficient (Wildman–Crippen LogP) is 3.30. The first-order valence-corrected chi connectivity index (χ1v) is 8.77. The number of aryl methyl sites for hydroxylation is 1. The second-order valence-corrected chi connectivity index (χ2v) is 7.39. The van der Waals surface area contributed by atoms with Crippen LogP contribution in [0.15, 0.2) is 59.8 Å². The molecule has 1 heterocycles. The number of fused-ring (bicyclic) bond motifs is 1. The van der Waals surface area contributed by atoms with Crippen molar-refractivity contribution in [2.24, 2.45) is 0 Å². The normalized spacial score (nSPS) is 11.7. The molecule has 0 aliphatic carbocycles. The molecule has 2 aromatic carbocycles. The molecule has 0 atom stereocenters. The number of aromatic nitrogens is 2. The Morgan fingerprint density at radius 2 is 1.77 bits per heavy atom. The lowest BCUT2D eigenvalue weighted by Crippen LogP contribution is -2.11. The summed E-state index contributed by atoms with van der Waals surface area (Å²) in [5.41, 5.74) is 2.08. The molecule has 3 rings (SSSR count). The van der Waals surface area contributed by atoms with Gasteiger partial charge in [0.1, 0.15) is 0 Å². The van der Waals surface area contributed by atoms with Crippen LogP contribution in [0, 0.1) is 0 Å². The number of rotatable bonds is 4. The SMILES string of the molecule is O=S(=O)(CCc1ccccc1)c1cnc2cc(Cl)ccc2n1. The van der Waals surface area contributed by atoms with Crippen molar-refractivity contribution < 1.29 is 8.42 Å². The lowest BCUT2D eigenvalue weighted by Gasteiger charge is -2.05. The molecule has 1 aromatic heterocycles. The third kappa shape index (κ3) is 3.26. The molecule has 0 N–H and O–H groups in total. The van der Waals surface area contributed by atoms with Crippen molar-refractivity contribution >= 4 is 32.5 Å². The summed E-state index contributed by atoms with van der Waals surface area (Å²) in [6, 6.07) is 14.5. The highest BCUT2D eigenvalue weighted by molar-refractivity contribution is 7.91. The Hall–Kier alpha value is -1.98. The molecule has 22 heavy (non-hydrogen) atoms. The molecule has 0 fully saturated rings. The van der Waals surface area contributed by atoms with Crippen molar-refractivity contribution in [2.75, 3.05) is 5.75 Å². The molecular weight excluding hydrogens is 320 g/mol. The number of hydrogen-bond donors (Lipinski definition) is 0. The summed E-state index contributed by atoms with van der Waals surface area (Å²) in [7, 11) is -3.47. The number of nitrogens with zero attached hydrogens (tertiary/aromatic N) is 2. The van der Waals surface area contributed by atoms with E-state index in [2.05, 4.69) is 9.97 Å². The van der Waals surface area contributed by atoms with Crippen LogP contribution in [0.25, 0.3) is 11.0 Å². The number of benzene rings is 2. The molecule has 6 heteroatoms. The highest BCUT2D eigenvalue weighted by Gasteiger charge is 2.17. The van der Waals surface area contributed by atoms with E-state index in [-0.39, 0.29) is 10.8 Å². The van der Waals surface area contributed by atoms with Crippen molar-refractivity contribution in [3.05, 3.63) is 65.3 Å². The molecule has 0 aliphatic rings. The summed E-state index contributed by atoms with van der Waals surface area (Å²) >= 11 is 5.88. The molecule has 0 bridgehead atoms. The highest BCUT2D eigenvalue weighted by atomic mass is 35.5. The van der Waals surface area contributed by atoms with E-state index in [0.717, 1.165) is 5.56 Å². The van der Waals surface area contributed by atoms with E-state index < -0.39 is 9.84 Å². The monoisotopic (exact) mass is 332 g/mol. The van der Waals surface area contributed by atoms with Crippen LogP contribution in [-0.2, 0) is 16.3 Å². The quantitative estimate of drug-likeness (QED) is 0.735. The highest BCUT2D eigenvalue weighted by Crippen LogP contribution is 2.18. The van der Waals surface area contributed by atoms with Gasteiger partial charge in [-0.15, -0.1) is 0 Å². The maximum absolute atomic E-state index is 12.4. The lowest BCUT2D eigenvalue weighted by atomic mass is 10.2. The van der Waals surface area contributed by atoms with Crippen LogP contribution in [0.2, 0.25) is 5.02 Å². The van der Waals surface area contributed by atoms with Crippen LogP contribution in [-0.4, -0.2) is 24.1 Å². The molecule has 4 nitrogen and oxygen atoms in total. The first-order chi connectivity index (χ1) is 10.5. The maximum Gasteiger partial charge on any atom is 0.197 e. The fraction of sp³-hybridized carbons (Fsp3) is 0.125. The van der Waals surface area contributed by atoms with Gasteiger partial charge in [-0.05, 0) is 30.2 Å². The average molecular weight is 333 g/mol. The zero-order valence-electron chi connectivity index (χ0n) is 11.6. The smallest absolute Gasteiger partial charge is 0.197 e. The number of sulfone groups is 1. The van der Waals surface area contributed by atoms with E-state index in [9.17, 15) is 8.42 Å². The van der Waals surface area contributed by atoms with Gasteiger partial charge in [0, 0.05) is 5.02 Å². The van der Waals surface area contributed by atoms with Gasteiger partial charge in [-0.1, -0.05) is 41.9 Å². The van der Waals surface area contributed by atoms with Crippen molar-refractivity contribution in [3.63, 3.8) is 0 Å². The second-order valence-electron chi connectivity index (χ2n) is 4.90. The minimum atomic E-state index is -3.47. The Bertz CT molecular complexity index is 912. The first kappa shape index (κ1) is 14.9. The van der Waals surface area contributed by atoms with Crippen LogP contribution in [0.1, 0.15) is 5.56 Å². The van der Waals surface area contributed by atoms with Gasteiger partial charge in [-0.2, -0.15) is 0 Å². The largest absolute Gasteiger partial charge is 0.252 e. The van der Waals surface area contributed by atoms with Crippen LogP contribution >= 0.6 is 11.6 Å². The fourth-order valence-electron chi connectivity index (χ4n) is 2.12. The molecule has 0 radical (unpaired) electrons. The van der Waals surface area contributed by atoms with Gasteiger partial charge in [0.2, 0.25) is 0 Å². The second kappa shape index (κ2) is 6.02. The maximum atomic E-state index is 12.4. The van der Waals surface area contributed by atoms with E-state index >= 15 is 0 Å². The van der Waals surface area contributed by atoms with Crippen molar-refractivity contribution in [3.8, 4) is 0 Å². The van der Waals surface area contributed by atoms with E-state index in [1.54, 1.807) is 18.2 Å². The zero-order chi connectivity index (χ0) is 15.6. The summed E-state index contributed by atoms with van der Waals surface area (Å²) in [5, 5.41) is 0.541. The summed E-state index contributed by atoms with van der Waals surface area (Å²) in [4.78, 5) is 8.33. The summed E-state index contributed by atoms with van der Waals surface area (Å²) in [6.45, 7) is 0. The lowest BCUT2D eigenvalue weighted by molar-refractivity contribution is 0.591. The van der Waals surface area contributed by atoms with Gasteiger partial charge in [0.15, 0.2) is 14.9 Å². The van der Waals surface area contributed by atoms with Crippen LogP contribution < -0.4 is 0 Å². The molecule has 3 aromatic rings. The molecule has 112 valence electrons. The minimum absolute atomic E-state index is 0.00162. The molecular formula is C16H13ClN2O2S. The van der Waals surface area contributed by atoms with Crippen LogP contribution in [0.4, 0.5) is 0 Å². The summed E-state index contributed by atoms with van der Waals surface area (Å²) in [5.74, 6) is 0.00475. The third-order valence-electron chi connectivity index (χ3n) is 3.30. The Labute approximate surface area is 133 Å². The van der Waals surface area contributed by atoms with Gasteiger partial charge in [-0.25, -0.2) is 13.4 Å². The van der Waals surface area contributed by atoms with Crippen molar-refractivity contribution in [1.29, 1.82) is 0 Å². The third-order valence-corrected chi connectivity index (χ3v) is 5.11. The Balaban J connectivity index is 1.87. The molecule has 0 unspecified atom stereocenters. The topological polar surface area (TPSA) is 59.9 Å².